The third-order valence-electron chi connectivity index (χ3n) is 4.37. The Bertz CT molecular complexity index is 356. The Hall–Kier alpha value is -0.890. The van der Waals surface area contributed by atoms with E-state index in [1.54, 1.807) is 0 Å². The number of hydrogen-bond acceptors (Lipinski definition) is 5. The molecule has 0 spiro atoms. The van der Waals surface area contributed by atoms with Crippen LogP contribution in [0, 0.1) is 5.92 Å². The van der Waals surface area contributed by atoms with Gasteiger partial charge in [0, 0.05) is 53.0 Å². The van der Waals surface area contributed by atoms with E-state index < -0.39 is 0 Å². The van der Waals surface area contributed by atoms with Gasteiger partial charge in [-0.2, -0.15) is 0 Å². The van der Waals surface area contributed by atoms with Crippen LogP contribution in [0.5, 0.6) is 0 Å². The fourth-order valence-corrected chi connectivity index (χ4v) is 2.95. The van der Waals surface area contributed by atoms with E-state index in [0.29, 0.717) is 12.0 Å². The van der Waals surface area contributed by atoms with Gasteiger partial charge in [-0.3, -0.25) is 9.89 Å². The Morgan fingerprint density at radius 1 is 1.25 bits per heavy atom. The zero-order valence-electron chi connectivity index (χ0n) is 15.3. The second kappa shape index (κ2) is 11.6. The van der Waals surface area contributed by atoms with E-state index in [1.807, 2.05) is 7.05 Å². The van der Waals surface area contributed by atoms with Crippen molar-refractivity contribution in [2.45, 2.75) is 25.9 Å². The topological polar surface area (TPSA) is 67.4 Å². The predicted octanol–water partition coefficient (Wildman–Crippen LogP) is 0.315. The average Bonchev–Trinajstić information content (AvgIpc) is 3.11. The highest BCUT2D eigenvalue weighted by Crippen LogP contribution is 2.07. The van der Waals surface area contributed by atoms with Gasteiger partial charge >= 0.3 is 0 Å². The fraction of sp³-hybridized carbons (Fsp3) is 0.941. The molecule has 2 atom stereocenters. The number of ether oxygens (including phenoxy) is 3. The molecule has 140 valence electrons. The molecule has 0 radical (unpaired) electrons. The molecule has 2 unspecified atom stereocenters. The van der Waals surface area contributed by atoms with E-state index in [1.165, 1.54) is 0 Å². The number of hydrogen-bond donors (Lipinski definition) is 2. The molecule has 2 aliphatic rings. The molecule has 7 heteroatoms. The van der Waals surface area contributed by atoms with Gasteiger partial charge in [0.25, 0.3) is 0 Å². The van der Waals surface area contributed by atoms with E-state index in [4.69, 9.17) is 14.2 Å². The van der Waals surface area contributed by atoms with Crippen LogP contribution in [0.25, 0.3) is 0 Å². The first-order valence-electron chi connectivity index (χ1n) is 9.22. The summed E-state index contributed by atoms with van der Waals surface area (Å²) in [6.07, 6.45) is 2.29. The highest BCUT2D eigenvalue weighted by Gasteiger charge is 2.15. The van der Waals surface area contributed by atoms with Crippen molar-refractivity contribution in [3.63, 3.8) is 0 Å². The van der Waals surface area contributed by atoms with Crippen molar-refractivity contribution in [2.75, 3.05) is 72.8 Å². The van der Waals surface area contributed by atoms with Crippen molar-refractivity contribution in [3.8, 4) is 0 Å². The van der Waals surface area contributed by atoms with Crippen molar-refractivity contribution >= 4 is 5.96 Å². The van der Waals surface area contributed by atoms with E-state index in [0.717, 1.165) is 84.6 Å². The molecule has 0 aromatic rings. The molecule has 2 fully saturated rings. The van der Waals surface area contributed by atoms with Crippen LogP contribution in [0.15, 0.2) is 4.99 Å². The Morgan fingerprint density at radius 2 is 2.08 bits per heavy atom. The number of rotatable bonds is 9. The molecule has 0 amide bonds. The lowest BCUT2D eigenvalue weighted by Gasteiger charge is -2.29. The van der Waals surface area contributed by atoms with Crippen LogP contribution >= 0.6 is 0 Å². The summed E-state index contributed by atoms with van der Waals surface area (Å²) in [5.74, 6) is 1.44. The van der Waals surface area contributed by atoms with Crippen molar-refractivity contribution in [1.29, 1.82) is 0 Å². The molecular formula is C17H34N4O3. The molecule has 24 heavy (non-hydrogen) atoms. The van der Waals surface area contributed by atoms with E-state index in [-0.39, 0.29) is 0 Å². The zero-order valence-corrected chi connectivity index (χ0v) is 15.3. The third kappa shape index (κ3) is 7.79. The molecule has 2 heterocycles. The maximum Gasteiger partial charge on any atom is 0.190 e. The minimum atomic E-state index is 0.295. The summed E-state index contributed by atoms with van der Waals surface area (Å²) in [5, 5.41) is 6.76. The smallest absolute Gasteiger partial charge is 0.190 e. The van der Waals surface area contributed by atoms with Crippen LogP contribution in [0.4, 0.5) is 0 Å². The molecule has 2 rings (SSSR count). The Balaban J connectivity index is 1.49. The Labute approximate surface area is 146 Å². The molecule has 0 saturated carbocycles. The second-order valence-electron chi connectivity index (χ2n) is 6.61. The Morgan fingerprint density at radius 3 is 2.79 bits per heavy atom. The van der Waals surface area contributed by atoms with Gasteiger partial charge in [0.2, 0.25) is 0 Å². The lowest BCUT2D eigenvalue weighted by atomic mass is 10.1. The van der Waals surface area contributed by atoms with E-state index in [9.17, 15) is 0 Å². The molecule has 0 bridgehead atoms. The molecule has 0 aliphatic carbocycles. The average molecular weight is 342 g/mol. The van der Waals surface area contributed by atoms with Gasteiger partial charge in [0.15, 0.2) is 5.96 Å². The SMILES string of the molecule is CN=C(NCCCOC1CCOC1)NCC(C)CN1CCOCC1. The number of guanidine groups is 1. The lowest BCUT2D eigenvalue weighted by molar-refractivity contribution is 0.0320. The summed E-state index contributed by atoms with van der Waals surface area (Å²) >= 11 is 0. The van der Waals surface area contributed by atoms with Crippen LogP contribution in [-0.4, -0.2) is 89.8 Å². The summed E-state index contributed by atoms with van der Waals surface area (Å²) in [7, 11) is 1.81. The molecule has 2 aliphatic heterocycles. The monoisotopic (exact) mass is 342 g/mol. The first-order valence-corrected chi connectivity index (χ1v) is 9.22. The highest BCUT2D eigenvalue weighted by atomic mass is 16.5. The summed E-state index contributed by atoms with van der Waals surface area (Å²) in [6, 6.07) is 0. The maximum atomic E-state index is 5.76. The minimum absolute atomic E-state index is 0.295. The number of morpholine rings is 1. The number of aliphatic imine (C=N–C) groups is 1. The third-order valence-corrected chi connectivity index (χ3v) is 4.37. The molecule has 2 saturated heterocycles. The quantitative estimate of drug-likeness (QED) is 0.357. The van der Waals surface area contributed by atoms with E-state index in [2.05, 4.69) is 27.4 Å². The summed E-state index contributed by atoms with van der Waals surface area (Å²) in [5.41, 5.74) is 0. The standard InChI is InChI=1S/C17H34N4O3/c1-15(13-21-6-10-22-11-7-21)12-20-17(18-2)19-5-3-8-24-16-4-9-23-14-16/h15-16H,3-14H2,1-2H3,(H2,18,19,20). The molecular weight excluding hydrogens is 308 g/mol. The van der Waals surface area contributed by atoms with Crippen molar-refractivity contribution in [1.82, 2.24) is 15.5 Å². The largest absolute Gasteiger partial charge is 0.379 e. The van der Waals surface area contributed by atoms with Crippen molar-refractivity contribution in [3.05, 3.63) is 0 Å². The predicted molar refractivity (Wildman–Crippen MR) is 95.6 cm³/mol. The minimum Gasteiger partial charge on any atom is -0.379 e. The maximum absolute atomic E-state index is 5.76. The first kappa shape index (κ1) is 19.4. The van der Waals surface area contributed by atoms with Crippen LogP contribution < -0.4 is 10.6 Å². The second-order valence-corrected chi connectivity index (χ2v) is 6.61. The fourth-order valence-electron chi connectivity index (χ4n) is 2.95. The van der Waals surface area contributed by atoms with Crippen LogP contribution in [0.3, 0.4) is 0 Å². The zero-order chi connectivity index (χ0) is 17.0. The molecule has 7 nitrogen and oxygen atoms in total. The summed E-state index contributed by atoms with van der Waals surface area (Å²) in [4.78, 5) is 6.75. The summed E-state index contributed by atoms with van der Waals surface area (Å²) < 4.78 is 16.4. The van der Waals surface area contributed by atoms with Crippen molar-refractivity contribution in [2.24, 2.45) is 10.9 Å². The van der Waals surface area contributed by atoms with Crippen LogP contribution in [0.2, 0.25) is 0 Å². The lowest BCUT2D eigenvalue weighted by Crippen LogP contribution is -2.44. The van der Waals surface area contributed by atoms with Crippen LogP contribution in [0.1, 0.15) is 19.8 Å². The van der Waals surface area contributed by atoms with E-state index >= 15 is 0 Å². The van der Waals surface area contributed by atoms with Crippen molar-refractivity contribution < 1.29 is 14.2 Å². The van der Waals surface area contributed by atoms with Gasteiger partial charge in [0.1, 0.15) is 0 Å². The molecule has 0 aromatic carbocycles. The highest BCUT2D eigenvalue weighted by molar-refractivity contribution is 5.79. The van der Waals surface area contributed by atoms with Gasteiger partial charge in [-0.15, -0.1) is 0 Å². The van der Waals surface area contributed by atoms with Gasteiger partial charge in [-0.1, -0.05) is 6.92 Å². The van der Waals surface area contributed by atoms with Gasteiger partial charge in [-0.25, -0.2) is 0 Å². The van der Waals surface area contributed by atoms with Crippen LogP contribution in [-0.2, 0) is 14.2 Å². The molecule has 2 N–H and O–H groups in total. The number of nitrogens with one attached hydrogen (secondary N) is 2. The molecule has 0 aromatic heterocycles. The Kier molecular flexibility index (Phi) is 9.42. The summed E-state index contributed by atoms with van der Waals surface area (Å²) in [6.45, 7) is 11.3. The first-order chi connectivity index (χ1) is 11.8. The van der Waals surface area contributed by atoms with Gasteiger partial charge in [0.05, 0.1) is 25.9 Å². The van der Waals surface area contributed by atoms with Gasteiger partial charge < -0.3 is 24.8 Å². The number of nitrogens with zero attached hydrogens (tertiary/aromatic N) is 2. The normalized spacial score (nSPS) is 24.1. The van der Waals surface area contributed by atoms with Gasteiger partial charge in [-0.05, 0) is 18.8 Å².